The molecule has 1 aromatic carbocycles. The Morgan fingerprint density at radius 2 is 0.813 bits per heavy atom. The van der Waals surface area contributed by atoms with E-state index in [4.69, 9.17) is 45.2 Å². The molecule has 15 amide bonds. The SMILES string of the molecule is CC[C@H](C)[C@H](NC(=O)[C@H](CC(N)=O)NC(=O)[C@@H](NC(=O)[C@H](Cc1cnc[nH]1)NC(=O)[C@H](CCCN=C(N)N)NC(=O)[C@@H](NC(=O)[C@H](CCCCN)NC(=O)[C@H](CCCN=C(N)N)NC(=O)[C@H](CC(C)C)NC(=O)[C@@H](N)C(C)C)[C@@H](C)O)C(C)C)C(=O)N[C@@H](CC(C)C)C(=O)N[C@@H](CC(C)C)C(=O)N[C@@H](Cc1ccccc1)C(=O)N[C@@H](C)C(=O)NCC(=O)O. The minimum absolute atomic E-state index is 0.0147. The van der Waals surface area contributed by atoms with Gasteiger partial charge in [0.1, 0.15) is 85.1 Å². The molecule has 2 rings (SSSR count). The predicted octanol–water partition coefficient (Wildman–Crippen LogP) is -4.97. The average Bonchev–Trinajstić information content (AvgIpc) is 1.25. The van der Waals surface area contributed by atoms with Crippen LogP contribution >= 0.6 is 0 Å². The third kappa shape index (κ3) is 41.2. The number of aliphatic hydroxyl groups is 1. The molecule has 43 nitrogen and oxygen atoms in total. The topological polar surface area (TPSA) is 718 Å². The highest BCUT2D eigenvalue weighted by Crippen LogP contribution is 2.18. The van der Waals surface area contributed by atoms with E-state index in [-0.39, 0.29) is 138 Å². The number of primary amides is 1. The van der Waals surface area contributed by atoms with E-state index < -0.39 is 210 Å². The number of nitrogens with one attached hydrogen (secondary N) is 15. The Kier molecular flexibility index (Phi) is 48.4. The van der Waals surface area contributed by atoms with Crippen molar-refractivity contribution in [1.29, 1.82) is 0 Å². The Hall–Kier alpha value is -11.6. The molecule has 123 heavy (non-hydrogen) atoms. The fourth-order valence-electron chi connectivity index (χ4n) is 12.5. The number of imidazole rings is 1. The minimum Gasteiger partial charge on any atom is -0.480 e. The molecular weight excluding hydrogens is 1600 g/mol. The van der Waals surface area contributed by atoms with E-state index in [0.717, 1.165) is 6.92 Å². The molecule has 0 fully saturated rings. The highest BCUT2D eigenvalue weighted by Gasteiger charge is 2.41. The van der Waals surface area contributed by atoms with E-state index in [9.17, 15) is 81.8 Å². The minimum atomic E-state index is -1.87. The van der Waals surface area contributed by atoms with Crippen molar-refractivity contribution in [3.05, 3.63) is 54.1 Å². The zero-order valence-electron chi connectivity index (χ0n) is 73.2. The summed E-state index contributed by atoms with van der Waals surface area (Å²) in [5.74, 6) is -18.2. The quantitative estimate of drug-likeness (QED) is 0.0168. The molecule has 0 saturated carbocycles. The molecule has 1 heterocycles. The molecule has 0 aliphatic carbocycles. The molecule has 0 radical (unpaired) electrons. The van der Waals surface area contributed by atoms with Gasteiger partial charge in [-0.15, -0.1) is 0 Å². The molecule has 0 unspecified atom stereocenters. The fraction of sp³-hybridized carbons (Fsp3) is 0.662. The van der Waals surface area contributed by atoms with Gasteiger partial charge in [-0.05, 0) is 126 Å². The number of aliphatic carboxylic acids is 1. The fourth-order valence-corrected chi connectivity index (χ4v) is 12.5. The second-order valence-electron chi connectivity index (χ2n) is 32.7. The Morgan fingerprint density at radius 1 is 0.431 bits per heavy atom. The van der Waals surface area contributed by atoms with Gasteiger partial charge in [-0.1, -0.05) is 120 Å². The van der Waals surface area contributed by atoms with Crippen molar-refractivity contribution in [2.75, 3.05) is 26.2 Å². The highest BCUT2D eigenvalue weighted by molar-refractivity contribution is 6.01. The van der Waals surface area contributed by atoms with Gasteiger partial charge in [-0.2, -0.15) is 0 Å². The maximum atomic E-state index is 14.8. The van der Waals surface area contributed by atoms with Crippen LogP contribution in [0, 0.1) is 35.5 Å². The number of carboxylic acids is 1. The maximum absolute atomic E-state index is 14.8. The summed E-state index contributed by atoms with van der Waals surface area (Å²) in [5.41, 5.74) is 40.8. The van der Waals surface area contributed by atoms with Gasteiger partial charge in [0, 0.05) is 37.8 Å². The number of H-pyrrole nitrogens is 1. The molecule has 31 N–H and O–H groups in total. The molecule has 2 aromatic rings. The van der Waals surface area contributed by atoms with Gasteiger partial charge in [0.2, 0.25) is 88.6 Å². The third-order valence-electron chi connectivity index (χ3n) is 19.6. The van der Waals surface area contributed by atoms with Crippen molar-refractivity contribution in [2.45, 2.75) is 278 Å². The Bertz CT molecular complexity index is 3840. The van der Waals surface area contributed by atoms with Crippen LogP contribution < -0.4 is 115 Å². The molecule has 16 atom stereocenters. The van der Waals surface area contributed by atoms with Crippen molar-refractivity contribution < 1.29 is 86.9 Å². The predicted molar refractivity (Wildman–Crippen MR) is 458 cm³/mol. The number of aliphatic hydroxyl groups excluding tert-OH is 1. The van der Waals surface area contributed by atoms with Crippen molar-refractivity contribution in [3.63, 3.8) is 0 Å². The summed E-state index contributed by atoms with van der Waals surface area (Å²) in [6.45, 7) is 22.4. The van der Waals surface area contributed by atoms with Crippen LogP contribution in [-0.4, -0.2) is 244 Å². The van der Waals surface area contributed by atoms with Gasteiger partial charge in [-0.3, -0.25) is 86.7 Å². The summed E-state index contributed by atoms with van der Waals surface area (Å²) < 4.78 is 0. The Balaban J connectivity index is 2.60. The lowest BCUT2D eigenvalue weighted by atomic mass is 9.95. The molecule has 0 spiro atoms. The molecule has 0 bridgehead atoms. The van der Waals surface area contributed by atoms with Gasteiger partial charge >= 0.3 is 5.97 Å². The van der Waals surface area contributed by atoms with E-state index in [2.05, 4.69) is 94.4 Å². The maximum Gasteiger partial charge on any atom is 0.322 e. The zero-order valence-corrected chi connectivity index (χ0v) is 73.2. The van der Waals surface area contributed by atoms with Gasteiger partial charge in [0.05, 0.1) is 24.9 Å². The highest BCUT2D eigenvalue weighted by atomic mass is 16.4. The van der Waals surface area contributed by atoms with Gasteiger partial charge < -0.3 is 130 Å². The van der Waals surface area contributed by atoms with Crippen LogP contribution in [0.15, 0.2) is 52.8 Å². The van der Waals surface area contributed by atoms with E-state index in [0.29, 0.717) is 12.0 Å². The molecule has 0 aliphatic rings. The number of amides is 15. The number of rotatable bonds is 58. The number of carbonyl (C=O) groups excluding carboxylic acids is 15. The number of carbonyl (C=O) groups is 16. The number of benzene rings is 1. The molecule has 0 saturated heterocycles. The summed E-state index contributed by atoms with van der Waals surface area (Å²) in [6.07, 6.45) is 0.243. The second-order valence-corrected chi connectivity index (χ2v) is 32.7. The van der Waals surface area contributed by atoms with Crippen molar-refractivity contribution >= 4 is 106 Å². The molecule has 0 aliphatic heterocycles. The lowest BCUT2D eigenvalue weighted by Gasteiger charge is -2.31. The van der Waals surface area contributed by atoms with Crippen molar-refractivity contribution in [3.8, 4) is 0 Å². The molecule has 43 heteroatoms. The van der Waals surface area contributed by atoms with Crippen molar-refractivity contribution in [1.82, 2.24) is 84.4 Å². The van der Waals surface area contributed by atoms with Crippen LogP contribution in [0.2, 0.25) is 0 Å². The zero-order chi connectivity index (χ0) is 93.1. The first-order valence-corrected chi connectivity index (χ1v) is 41.7. The van der Waals surface area contributed by atoms with Crippen LogP contribution in [0.1, 0.15) is 185 Å². The standard InChI is InChI=1S/C80H137N25O18/c1-15-45(12)63(77(122)101-55(33-42(6)7)72(117)97-53(31-40(2)3)71(116)98-56(34-48-23-17-16-18-24-48)69(114)93-46(13)65(110)91-38-60(108)109)104-74(119)58(36-59(82)107)102-76(121)62(44(10)11)103-73(118)57(35-49-37-88-39-92-49)99-67(112)52(27-22-30-90-80(86)87)96-78(123)64(47(14)106)105-68(113)50(25-19-20-28-81)94-66(111)51(26-21-29-89-79(84)85)95-70(115)54(32-41(4)5)100-75(120)61(83)43(8)9/h16-18,23-24,37,39-47,50-58,61-64,106H,15,19-22,25-36,38,81,83H2,1-14H3,(H2,82,107)(H,88,92)(H,91,110)(H,93,114)(H,94,111)(H,95,115)(H,96,123)(H,97,117)(H,98,116)(H,99,112)(H,100,120)(H,101,122)(H,102,121)(H,103,118)(H,104,119)(H,105,113)(H,108,109)(H4,84,85,89)(H4,86,87,90)/t45-,46-,47+,50-,51-,52-,53-,54-,55-,56-,57-,58-,61-,62-,63-,64-/m0/s1. The molecular formula is C80H137N25O18. The molecule has 1 aromatic heterocycles. The van der Waals surface area contributed by atoms with E-state index >= 15 is 0 Å². The lowest BCUT2D eigenvalue weighted by Crippen LogP contribution is -2.63. The van der Waals surface area contributed by atoms with Crippen LogP contribution in [0.4, 0.5) is 0 Å². The number of aliphatic imine (C=N–C) groups is 2. The van der Waals surface area contributed by atoms with E-state index in [1.807, 2.05) is 13.8 Å². The number of aromatic nitrogens is 2. The van der Waals surface area contributed by atoms with Crippen LogP contribution in [0.25, 0.3) is 0 Å². The number of hydrogen-bond donors (Lipinski definition) is 24. The van der Waals surface area contributed by atoms with Gasteiger partial charge in [-0.25, -0.2) is 4.98 Å². The van der Waals surface area contributed by atoms with E-state index in [1.54, 1.807) is 85.7 Å². The molecule has 690 valence electrons. The first kappa shape index (κ1) is 107. The first-order valence-electron chi connectivity index (χ1n) is 41.7. The van der Waals surface area contributed by atoms with Crippen LogP contribution in [0.3, 0.4) is 0 Å². The van der Waals surface area contributed by atoms with Crippen molar-refractivity contribution in [2.24, 2.45) is 85.6 Å². The first-order chi connectivity index (χ1) is 57.7. The summed E-state index contributed by atoms with van der Waals surface area (Å²) in [6, 6.07) is -11.7. The number of guanidine groups is 2. The van der Waals surface area contributed by atoms with Gasteiger partial charge in [0.15, 0.2) is 11.9 Å². The summed E-state index contributed by atoms with van der Waals surface area (Å²) in [7, 11) is 0. The average molecular weight is 1740 g/mol. The lowest BCUT2D eigenvalue weighted by molar-refractivity contribution is -0.138. The summed E-state index contributed by atoms with van der Waals surface area (Å²) in [4.78, 5) is 239. The number of carboxylic acid groups (broad SMARTS) is 1. The van der Waals surface area contributed by atoms with Gasteiger partial charge in [0.25, 0.3) is 0 Å². The summed E-state index contributed by atoms with van der Waals surface area (Å²) in [5, 5.41) is 56.5. The Labute approximate surface area is 718 Å². The number of aromatic amines is 1. The number of unbranched alkanes of at least 4 members (excludes halogenated alkanes) is 1. The summed E-state index contributed by atoms with van der Waals surface area (Å²) >= 11 is 0. The van der Waals surface area contributed by atoms with Crippen LogP contribution in [-0.2, 0) is 89.6 Å². The number of nitrogens with zero attached hydrogens (tertiary/aromatic N) is 3. The Morgan fingerprint density at radius 3 is 1.24 bits per heavy atom. The van der Waals surface area contributed by atoms with E-state index in [1.165, 1.54) is 33.3 Å². The van der Waals surface area contributed by atoms with Crippen LogP contribution in [0.5, 0.6) is 0 Å². The third-order valence-corrected chi connectivity index (χ3v) is 19.6. The number of hydrogen-bond acceptors (Lipinski definition) is 22. The smallest absolute Gasteiger partial charge is 0.322 e. The normalized spacial score (nSPS) is 15.2. The second kappa shape index (κ2) is 55.4. The number of nitrogens with two attached hydrogens (primary N) is 7. The monoisotopic (exact) mass is 1740 g/mol. The largest absolute Gasteiger partial charge is 0.480 e.